The zero-order valence-corrected chi connectivity index (χ0v) is 15.6. The molecule has 1 N–H and O–H groups in total. The molecule has 0 saturated carbocycles. The molecule has 0 saturated heterocycles. The van der Waals surface area contributed by atoms with E-state index >= 15 is 0 Å². The van der Waals surface area contributed by atoms with Crippen LogP contribution in [0.3, 0.4) is 0 Å². The summed E-state index contributed by atoms with van der Waals surface area (Å²) in [4.78, 5) is 11.1. The van der Waals surface area contributed by atoms with Crippen molar-refractivity contribution in [1.82, 2.24) is 5.32 Å². The van der Waals surface area contributed by atoms with Gasteiger partial charge in [-0.15, -0.1) is 9.24 Å². The summed E-state index contributed by atoms with van der Waals surface area (Å²) in [5, 5.41) is 3.96. The Morgan fingerprint density at radius 2 is 1.27 bits per heavy atom. The second-order valence-corrected chi connectivity index (χ2v) is 4.30. The fourth-order valence-electron chi connectivity index (χ4n) is 1.31. The lowest BCUT2D eigenvalue weighted by molar-refractivity contribution is 0.0956. The summed E-state index contributed by atoms with van der Waals surface area (Å²) in [5.41, 5.74) is 0.717. The van der Waals surface area contributed by atoms with Crippen LogP contribution in [0.2, 0.25) is 0 Å². The second kappa shape index (κ2) is 17.4. The second-order valence-electron chi connectivity index (χ2n) is 3.64. The molecule has 0 heterocycles. The minimum absolute atomic E-state index is 0.00639. The highest BCUT2D eigenvalue weighted by Crippen LogP contribution is 1.96. The van der Waals surface area contributed by atoms with Gasteiger partial charge in [0, 0.05) is 12.1 Å². The van der Waals surface area contributed by atoms with Gasteiger partial charge in [-0.05, 0) is 24.4 Å². The van der Waals surface area contributed by atoms with Crippen LogP contribution < -0.4 is 10.6 Å². The van der Waals surface area contributed by atoms with E-state index in [1.807, 2.05) is 83.1 Å². The van der Waals surface area contributed by atoms with Crippen LogP contribution in [0.5, 0.6) is 0 Å². The minimum atomic E-state index is -0.00639. The van der Waals surface area contributed by atoms with Crippen LogP contribution in [-0.2, 0) is 0 Å². The molecule has 1 unspecified atom stereocenters. The van der Waals surface area contributed by atoms with E-state index in [-0.39, 0.29) is 5.91 Å². The van der Waals surface area contributed by atoms with Crippen molar-refractivity contribution >= 4 is 20.5 Å². The van der Waals surface area contributed by atoms with Crippen molar-refractivity contribution in [3.63, 3.8) is 0 Å². The predicted octanol–water partition coefficient (Wildman–Crippen LogP) is 4.68. The first kappa shape index (κ1) is 22.6. The van der Waals surface area contributed by atoms with E-state index in [2.05, 4.69) is 14.6 Å². The van der Waals surface area contributed by atoms with Crippen LogP contribution in [-0.4, -0.2) is 12.5 Å². The molecule has 0 aliphatic heterocycles. The van der Waals surface area contributed by atoms with Gasteiger partial charge < -0.3 is 5.32 Å². The molecule has 2 aromatic carbocycles. The normalized spacial score (nSPS) is 7.91. The molecule has 0 radical (unpaired) electrons. The van der Waals surface area contributed by atoms with Crippen molar-refractivity contribution in [3.05, 3.63) is 66.2 Å². The number of amides is 1. The van der Waals surface area contributed by atoms with E-state index in [1.54, 1.807) is 12.1 Å². The third-order valence-electron chi connectivity index (χ3n) is 2.17. The standard InChI is InChI=1S/C9H11NO.C6H7P.2C2H6/c1-2-10-9(11)8-6-4-3-5-7-8;7-6-4-2-1-3-5-6;2*1-2/h3-7H,2H2,1H3,(H,10,11);1-5H,7H2;2*1-2H3. The Balaban J connectivity index is 0. The highest BCUT2D eigenvalue weighted by atomic mass is 31.0. The molecule has 2 nitrogen and oxygen atoms in total. The van der Waals surface area contributed by atoms with Crippen molar-refractivity contribution in [3.8, 4) is 0 Å². The lowest BCUT2D eigenvalue weighted by Gasteiger charge is -1.99. The smallest absolute Gasteiger partial charge is 0.251 e. The topological polar surface area (TPSA) is 29.1 Å². The Morgan fingerprint density at radius 1 is 0.864 bits per heavy atom. The van der Waals surface area contributed by atoms with Crippen molar-refractivity contribution < 1.29 is 4.79 Å². The van der Waals surface area contributed by atoms with Crippen LogP contribution in [0.4, 0.5) is 0 Å². The first-order chi connectivity index (χ1) is 10.7. The van der Waals surface area contributed by atoms with E-state index in [0.29, 0.717) is 12.1 Å². The van der Waals surface area contributed by atoms with Gasteiger partial charge >= 0.3 is 0 Å². The third kappa shape index (κ3) is 12.1. The van der Waals surface area contributed by atoms with E-state index in [9.17, 15) is 4.79 Å². The maximum absolute atomic E-state index is 11.1. The largest absolute Gasteiger partial charge is 0.352 e. The van der Waals surface area contributed by atoms with Gasteiger partial charge in [0.2, 0.25) is 0 Å². The van der Waals surface area contributed by atoms with Crippen LogP contribution in [0.15, 0.2) is 60.7 Å². The van der Waals surface area contributed by atoms with Crippen molar-refractivity contribution in [2.24, 2.45) is 0 Å². The molecular formula is C19H30NOP. The Bertz CT molecular complexity index is 457. The molecule has 0 spiro atoms. The molecule has 0 aliphatic carbocycles. The minimum Gasteiger partial charge on any atom is -0.352 e. The zero-order chi connectivity index (χ0) is 17.2. The molecule has 1 atom stereocenters. The molecule has 3 heteroatoms. The summed E-state index contributed by atoms with van der Waals surface area (Å²) >= 11 is 0. The monoisotopic (exact) mass is 319 g/mol. The first-order valence-corrected chi connectivity index (χ1v) is 8.45. The summed E-state index contributed by atoms with van der Waals surface area (Å²) in [6.45, 7) is 10.6. The van der Waals surface area contributed by atoms with Crippen molar-refractivity contribution in [2.45, 2.75) is 34.6 Å². The molecule has 0 fully saturated rings. The number of benzene rings is 2. The molecule has 1 amide bonds. The van der Waals surface area contributed by atoms with Crippen LogP contribution in [0.1, 0.15) is 45.0 Å². The fraction of sp³-hybridized carbons (Fsp3) is 0.316. The molecule has 2 aromatic rings. The van der Waals surface area contributed by atoms with Gasteiger partial charge in [0.1, 0.15) is 0 Å². The predicted molar refractivity (Wildman–Crippen MR) is 103 cm³/mol. The van der Waals surface area contributed by atoms with Crippen molar-refractivity contribution in [2.75, 3.05) is 6.54 Å². The number of hydrogen-bond donors (Lipinski definition) is 1. The van der Waals surface area contributed by atoms with E-state index in [1.165, 1.54) is 5.30 Å². The number of nitrogens with one attached hydrogen (secondary N) is 1. The maximum Gasteiger partial charge on any atom is 0.251 e. The van der Waals surface area contributed by atoms with Crippen LogP contribution in [0.25, 0.3) is 0 Å². The summed E-state index contributed by atoms with van der Waals surface area (Å²) in [6, 6.07) is 19.3. The summed E-state index contributed by atoms with van der Waals surface area (Å²) in [5.74, 6) is -0.00639. The zero-order valence-electron chi connectivity index (χ0n) is 14.5. The Labute approximate surface area is 138 Å². The summed E-state index contributed by atoms with van der Waals surface area (Å²) in [6.07, 6.45) is 0. The Hall–Kier alpha value is -1.66. The highest BCUT2D eigenvalue weighted by molar-refractivity contribution is 7.27. The number of rotatable bonds is 2. The Morgan fingerprint density at radius 3 is 1.59 bits per heavy atom. The molecular weight excluding hydrogens is 289 g/mol. The van der Waals surface area contributed by atoms with Crippen molar-refractivity contribution in [1.29, 1.82) is 0 Å². The quantitative estimate of drug-likeness (QED) is 0.800. The summed E-state index contributed by atoms with van der Waals surface area (Å²) < 4.78 is 0. The van der Waals surface area contributed by atoms with Gasteiger partial charge in [-0.1, -0.05) is 76.2 Å². The Kier molecular flexibility index (Phi) is 17.9. The molecule has 22 heavy (non-hydrogen) atoms. The average molecular weight is 319 g/mol. The number of carbonyl (C=O) groups excluding carboxylic acids is 1. The third-order valence-corrected chi connectivity index (χ3v) is 2.56. The summed E-state index contributed by atoms with van der Waals surface area (Å²) in [7, 11) is 2.63. The SMILES string of the molecule is CC.CC.CCNC(=O)c1ccccc1.Pc1ccccc1. The molecule has 0 bridgehead atoms. The van der Waals surface area contributed by atoms with Gasteiger partial charge in [0.15, 0.2) is 0 Å². The maximum atomic E-state index is 11.1. The number of hydrogen-bond acceptors (Lipinski definition) is 1. The van der Waals surface area contributed by atoms with E-state index in [0.717, 1.165) is 0 Å². The van der Waals surface area contributed by atoms with E-state index in [4.69, 9.17) is 0 Å². The fourth-order valence-corrected chi connectivity index (χ4v) is 1.53. The molecule has 0 aromatic heterocycles. The van der Waals surface area contributed by atoms with Gasteiger partial charge in [0.05, 0.1) is 0 Å². The van der Waals surface area contributed by atoms with Crippen LogP contribution in [0, 0.1) is 0 Å². The van der Waals surface area contributed by atoms with Gasteiger partial charge in [-0.2, -0.15) is 0 Å². The first-order valence-electron chi connectivity index (χ1n) is 7.87. The lowest BCUT2D eigenvalue weighted by Crippen LogP contribution is -2.22. The molecule has 2 rings (SSSR count). The number of carbonyl (C=O) groups is 1. The highest BCUT2D eigenvalue weighted by Gasteiger charge is 1.99. The van der Waals surface area contributed by atoms with E-state index < -0.39 is 0 Å². The molecule has 0 aliphatic rings. The molecule has 122 valence electrons. The lowest BCUT2D eigenvalue weighted by atomic mass is 10.2. The van der Waals surface area contributed by atoms with Gasteiger partial charge in [0.25, 0.3) is 5.91 Å². The van der Waals surface area contributed by atoms with Gasteiger partial charge in [-0.25, -0.2) is 0 Å². The van der Waals surface area contributed by atoms with Crippen LogP contribution >= 0.6 is 9.24 Å². The average Bonchev–Trinajstić information content (AvgIpc) is 2.61. The van der Waals surface area contributed by atoms with Gasteiger partial charge in [-0.3, -0.25) is 4.79 Å².